The summed E-state index contributed by atoms with van der Waals surface area (Å²) >= 11 is 0. The number of nitrogens with zero attached hydrogens (tertiary/aromatic N) is 2. The van der Waals surface area contributed by atoms with Crippen LogP contribution in [0, 0.1) is 0 Å². The van der Waals surface area contributed by atoms with Crippen LogP contribution in [0.2, 0.25) is 0 Å². The Hall–Kier alpha value is -1.99. The molecule has 0 amide bonds. The highest BCUT2D eigenvalue weighted by atomic mass is 32.2. The van der Waals surface area contributed by atoms with Crippen LogP contribution in [0.4, 0.5) is 5.69 Å². The maximum Gasteiger partial charge on any atom is 0.240 e. The highest BCUT2D eigenvalue weighted by Gasteiger charge is 2.10. The minimum absolute atomic E-state index is 0.236. The third kappa shape index (κ3) is 3.49. The zero-order chi connectivity index (χ0) is 13.7. The average molecular weight is 278 g/mol. The van der Waals surface area contributed by atoms with E-state index in [1.165, 1.54) is 7.05 Å². The van der Waals surface area contributed by atoms with Crippen molar-refractivity contribution in [2.45, 2.75) is 11.4 Å². The maximum atomic E-state index is 11.5. The van der Waals surface area contributed by atoms with E-state index in [-0.39, 0.29) is 4.90 Å². The summed E-state index contributed by atoms with van der Waals surface area (Å²) in [5.74, 6) is 0. The van der Waals surface area contributed by atoms with Gasteiger partial charge in [0.15, 0.2) is 0 Å². The molecule has 6 nitrogen and oxygen atoms in total. The molecule has 0 saturated carbocycles. The molecule has 0 aliphatic rings. The van der Waals surface area contributed by atoms with Gasteiger partial charge in [0.1, 0.15) is 0 Å². The fraction of sp³-hybridized carbons (Fsp3) is 0.167. The first-order valence-corrected chi connectivity index (χ1v) is 7.14. The van der Waals surface area contributed by atoms with Crippen molar-refractivity contribution in [3.05, 3.63) is 48.3 Å². The van der Waals surface area contributed by atoms with Gasteiger partial charge < -0.3 is 5.32 Å². The van der Waals surface area contributed by atoms with E-state index in [0.29, 0.717) is 6.54 Å². The third-order valence-electron chi connectivity index (χ3n) is 2.53. The highest BCUT2D eigenvalue weighted by molar-refractivity contribution is 7.89. The van der Waals surface area contributed by atoms with Crippen molar-refractivity contribution in [2.24, 2.45) is 0 Å². The van der Waals surface area contributed by atoms with Gasteiger partial charge in [0, 0.05) is 11.9 Å². The molecule has 0 bridgehead atoms. The van der Waals surface area contributed by atoms with Gasteiger partial charge in [-0.2, -0.15) is 10.2 Å². The number of rotatable bonds is 5. The first-order chi connectivity index (χ1) is 9.12. The van der Waals surface area contributed by atoms with Crippen LogP contribution in [-0.4, -0.2) is 25.7 Å². The van der Waals surface area contributed by atoms with Crippen molar-refractivity contribution in [3.63, 3.8) is 0 Å². The molecule has 2 aromatic rings. The maximum absolute atomic E-state index is 11.5. The molecule has 0 atom stereocenters. The minimum atomic E-state index is -3.38. The Balaban J connectivity index is 2.04. The van der Waals surface area contributed by atoms with Crippen LogP contribution in [0.1, 0.15) is 5.69 Å². The van der Waals surface area contributed by atoms with E-state index >= 15 is 0 Å². The molecule has 0 fully saturated rings. The fourth-order valence-corrected chi connectivity index (χ4v) is 2.22. The van der Waals surface area contributed by atoms with E-state index in [1.54, 1.807) is 30.5 Å². The van der Waals surface area contributed by atoms with Gasteiger partial charge in [-0.3, -0.25) is 0 Å². The molecule has 19 heavy (non-hydrogen) atoms. The summed E-state index contributed by atoms with van der Waals surface area (Å²) < 4.78 is 25.4. The summed E-state index contributed by atoms with van der Waals surface area (Å²) in [5, 5.41) is 10.9. The van der Waals surface area contributed by atoms with E-state index in [1.807, 2.05) is 12.1 Å². The van der Waals surface area contributed by atoms with E-state index in [2.05, 4.69) is 20.2 Å². The first-order valence-electron chi connectivity index (χ1n) is 5.66. The van der Waals surface area contributed by atoms with Gasteiger partial charge in [-0.05, 0) is 43.4 Å². The minimum Gasteiger partial charge on any atom is -0.379 e. The van der Waals surface area contributed by atoms with Gasteiger partial charge in [0.25, 0.3) is 0 Å². The van der Waals surface area contributed by atoms with Crippen LogP contribution in [0.15, 0.2) is 47.5 Å². The quantitative estimate of drug-likeness (QED) is 0.852. The Morgan fingerprint density at radius 1 is 1.16 bits per heavy atom. The number of aromatic nitrogens is 2. The third-order valence-corrected chi connectivity index (χ3v) is 3.96. The lowest BCUT2D eigenvalue weighted by atomic mass is 10.3. The molecule has 1 aromatic carbocycles. The number of nitrogens with one attached hydrogen (secondary N) is 2. The Morgan fingerprint density at radius 2 is 1.89 bits per heavy atom. The fourth-order valence-electron chi connectivity index (χ4n) is 1.49. The molecule has 2 rings (SSSR count). The number of hydrogen-bond donors (Lipinski definition) is 2. The summed E-state index contributed by atoms with van der Waals surface area (Å²) in [5.41, 5.74) is 1.63. The standard InChI is InChI=1S/C12H14N4O2S/c1-13-19(17,18)12-6-4-10(5-7-12)14-9-11-3-2-8-15-16-11/h2-8,13-14H,9H2,1H3. The Bertz CT molecular complexity index is 627. The topological polar surface area (TPSA) is 84.0 Å². The number of hydrogen-bond acceptors (Lipinski definition) is 5. The van der Waals surface area contributed by atoms with Gasteiger partial charge in [0.05, 0.1) is 17.1 Å². The number of benzene rings is 1. The predicted octanol–water partition coefficient (Wildman–Crippen LogP) is 0.997. The highest BCUT2D eigenvalue weighted by Crippen LogP contribution is 2.14. The summed E-state index contributed by atoms with van der Waals surface area (Å²) in [6.45, 7) is 0.534. The van der Waals surface area contributed by atoms with E-state index in [9.17, 15) is 8.42 Å². The average Bonchev–Trinajstić information content (AvgIpc) is 2.47. The van der Waals surface area contributed by atoms with E-state index < -0.39 is 10.0 Å². The summed E-state index contributed by atoms with van der Waals surface area (Å²) in [4.78, 5) is 0.236. The van der Waals surface area contributed by atoms with Crippen LogP contribution in [0.5, 0.6) is 0 Å². The van der Waals surface area contributed by atoms with Crippen LogP contribution >= 0.6 is 0 Å². The number of sulfonamides is 1. The molecule has 0 aliphatic carbocycles. The van der Waals surface area contributed by atoms with E-state index in [4.69, 9.17) is 0 Å². The molecular weight excluding hydrogens is 264 g/mol. The molecule has 0 spiro atoms. The molecule has 100 valence electrons. The molecule has 1 aromatic heterocycles. The SMILES string of the molecule is CNS(=O)(=O)c1ccc(NCc2cccnn2)cc1. The molecule has 0 unspecified atom stereocenters. The van der Waals surface area contributed by atoms with Crippen molar-refractivity contribution < 1.29 is 8.42 Å². The second-order valence-corrected chi connectivity index (χ2v) is 5.69. The van der Waals surface area contributed by atoms with Crippen LogP contribution < -0.4 is 10.0 Å². The summed E-state index contributed by atoms with van der Waals surface area (Å²) in [6.07, 6.45) is 1.61. The zero-order valence-electron chi connectivity index (χ0n) is 10.4. The number of anilines is 1. The van der Waals surface area contributed by atoms with E-state index in [0.717, 1.165) is 11.4 Å². The zero-order valence-corrected chi connectivity index (χ0v) is 11.2. The van der Waals surface area contributed by atoms with Crippen LogP contribution in [0.3, 0.4) is 0 Å². The lowest BCUT2D eigenvalue weighted by Gasteiger charge is -2.07. The van der Waals surface area contributed by atoms with Crippen molar-refractivity contribution in [3.8, 4) is 0 Å². The summed E-state index contributed by atoms with van der Waals surface area (Å²) in [6, 6.07) is 10.2. The van der Waals surface area contributed by atoms with Gasteiger partial charge >= 0.3 is 0 Å². The Morgan fingerprint density at radius 3 is 2.47 bits per heavy atom. The van der Waals surface area contributed by atoms with Gasteiger partial charge in [-0.15, -0.1) is 0 Å². The van der Waals surface area contributed by atoms with Gasteiger partial charge in [-0.25, -0.2) is 13.1 Å². The second-order valence-electron chi connectivity index (χ2n) is 3.80. The monoisotopic (exact) mass is 278 g/mol. The Labute approximate surface area is 111 Å². The molecule has 0 aliphatic heterocycles. The van der Waals surface area contributed by atoms with Gasteiger partial charge in [-0.1, -0.05) is 0 Å². The molecule has 0 saturated heterocycles. The lowest BCUT2D eigenvalue weighted by molar-refractivity contribution is 0.588. The van der Waals surface area contributed by atoms with Crippen LogP contribution in [-0.2, 0) is 16.6 Å². The first kappa shape index (κ1) is 13.4. The van der Waals surface area contributed by atoms with Crippen LogP contribution in [0.25, 0.3) is 0 Å². The molecule has 2 N–H and O–H groups in total. The normalized spacial score (nSPS) is 11.2. The molecule has 7 heteroatoms. The Kier molecular flexibility index (Phi) is 4.08. The van der Waals surface area contributed by atoms with Crippen molar-refractivity contribution in [1.29, 1.82) is 0 Å². The lowest BCUT2D eigenvalue weighted by Crippen LogP contribution is -2.18. The van der Waals surface area contributed by atoms with Gasteiger partial charge in [0.2, 0.25) is 10.0 Å². The molecule has 0 radical (unpaired) electrons. The smallest absolute Gasteiger partial charge is 0.240 e. The largest absolute Gasteiger partial charge is 0.379 e. The molecule has 1 heterocycles. The second kappa shape index (κ2) is 5.77. The molecular formula is C12H14N4O2S. The summed E-state index contributed by atoms with van der Waals surface area (Å²) in [7, 11) is -2.00. The van der Waals surface area contributed by atoms with Crippen molar-refractivity contribution in [1.82, 2.24) is 14.9 Å². The van der Waals surface area contributed by atoms with Crippen molar-refractivity contribution in [2.75, 3.05) is 12.4 Å². The van der Waals surface area contributed by atoms with Crippen molar-refractivity contribution >= 4 is 15.7 Å². The predicted molar refractivity (Wildman–Crippen MR) is 72.0 cm³/mol.